The Morgan fingerprint density at radius 3 is 2.52 bits per heavy atom. The van der Waals surface area contributed by atoms with Gasteiger partial charge in [-0.25, -0.2) is 5.43 Å². The largest absolute Gasteiger partial charge is 0.358 e. The summed E-state index contributed by atoms with van der Waals surface area (Å²) in [5.74, 6) is -0.536. The van der Waals surface area contributed by atoms with E-state index in [9.17, 15) is 9.59 Å². The molecule has 0 unspecified atom stereocenters. The number of hydrazone groups is 1. The van der Waals surface area contributed by atoms with Crippen LogP contribution in [0.3, 0.4) is 0 Å². The van der Waals surface area contributed by atoms with Gasteiger partial charge in [0.2, 0.25) is 0 Å². The van der Waals surface area contributed by atoms with Crippen LogP contribution in [0.15, 0.2) is 76.8 Å². The summed E-state index contributed by atoms with van der Waals surface area (Å²) in [6, 6.07) is 19.3. The van der Waals surface area contributed by atoms with Crippen LogP contribution in [0.4, 0.5) is 0 Å². The maximum absolute atomic E-state index is 12.9. The van der Waals surface area contributed by atoms with Gasteiger partial charge in [-0.1, -0.05) is 63.2 Å². The van der Waals surface area contributed by atoms with E-state index in [1.165, 1.54) is 16.2 Å². The lowest BCUT2D eigenvalue weighted by molar-refractivity contribution is 0.0953. The fourth-order valence-corrected chi connectivity index (χ4v) is 3.82. The molecule has 33 heavy (non-hydrogen) atoms. The first kappa shape index (κ1) is 22.3. The number of rotatable bonds is 5. The van der Waals surface area contributed by atoms with Crippen molar-refractivity contribution in [3.8, 4) is 0 Å². The summed E-state index contributed by atoms with van der Waals surface area (Å²) in [5.41, 5.74) is 7.34. The van der Waals surface area contributed by atoms with Gasteiger partial charge in [-0.15, -0.1) is 0 Å². The molecule has 0 bridgehead atoms. The molecule has 6 heteroatoms. The molecule has 0 spiro atoms. The highest BCUT2D eigenvalue weighted by Crippen LogP contribution is 2.22. The minimum atomic E-state index is -0.536. The second-order valence-corrected chi connectivity index (χ2v) is 9.21. The van der Waals surface area contributed by atoms with E-state index in [1.54, 1.807) is 18.5 Å². The lowest BCUT2D eigenvalue weighted by Gasteiger charge is -2.19. The number of hydrogen-bond donors (Lipinski definition) is 2. The molecular formula is C27H28N4O2. The molecule has 0 aliphatic heterocycles. The van der Waals surface area contributed by atoms with Gasteiger partial charge < -0.3 is 9.55 Å². The second kappa shape index (κ2) is 8.90. The van der Waals surface area contributed by atoms with Crippen LogP contribution < -0.4 is 11.0 Å². The Morgan fingerprint density at radius 2 is 1.79 bits per heavy atom. The van der Waals surface area contributed by atoms with Crippen molar-refractivity contribution < 1.29 is 4.79 Å². The minimum Gasteiger partial charge on any atom is -0.358 e. The number of aromatic nitrogens is 2. The molecule has 2 N–H and O–H groups in total. The summed E-state index contributed by atoms with van der Waals surface area (Å²) in [6.07, 6.45) is 3.29. The molecule has 0 saturated heterocycles. The topological polar surface area (TPSA) is 79.2 Å². The van der Waals surface area contributed by atoms with Crippen molar-refractivity contribution >= 4 is 23.0 Å². The smallest absolute Gasteiger partial charge is 0.276 e. The Bertz CT molecular complexity index is 1390. The molecule has 4 rings (SSSR count). The quantitative estimate of drug-likeness (QED) is 0.347. The lowest BCUT2D eigenvalue weighted by Crippen LogP contribution is -2.30. The number of aryl methyl sites for hydroxylation is 1. The first-order valence-electron chi connectivity index (χ1n) is 10.9. The van der Waals surface area contributed by atoms with Gasteiger partial charge in [-0.3, -0.25) is 9.59 Å². The molecular weight excluding hydrogens is 412 g/mol. The van der Waals surface area contributed by atoms with E-state index in [2.05, 4.69) is 48.4 Å². The molecule has 6 nitrogen and oxygen atoms in total. The van der Waals surface area contributed by atoms with Crippen LogP contribution in [-0.4, -0.2) is 21.7 Å². The van der Waals surface area contributed by atoms with Crippen molar-refractivity contribution in [3.05, 3.63) is 105 Å². The summed E-state index contributed by atoms with van der Waals surface area (Å²) in [7, 11) is 0. The molecule has 2 aromatic heterocycles. The molecule has 0 fully saturated rings. The molecule has 168 valence electrons. The minimum absolute atomic E-state index is 0.0524. The van der Waals surface area contributed by atoms with Crippen LogP contribution in [0, 0.1) is 6.92 Å². The van der Waals surface area contributed by atoms with E-state index >= 15 is 0 Å². The average Bonchev–Trinajstić information content (AvgIpc) is 3.10. The van der Waals surface area contributed by atoms with Gasteiger partial charge >= 0.3 is 0 Å². The predicted molar refractivity (Wildman–Crippen MR) is 133 cm³/mol. The van der Waals surface area contributed by atoms with Crippen LogP contribution in [0.2, 0.25) is 0 Å². The Morgan fingerprint density at radius 1 is 1.06 bits per heavy atom. The first-order chi connectivity index (χ1) is 15.7. The number of carbonyl (C=O) groups is 1. The van der Waals surface area contributed by atoms with E-state index in [1.807, 2.05) is 43.3 Å². The average molecular weight is 441 g/mol. The SMILES string of the molecule is Cc1[nH]c2ccccc2c1/C=N\NC(=O)c1cccn(Cc2ccc(C(C)(C)C)cc2)c1=O. The van der Waals surface area contributed by atoms with Crippen molar-refractivity contribution in [1.29, 1.82) is 0 Å². The number of aromatic amines is 1. The van der Waals surface area contributed by atoms with E-state index in [0.29, 0.717) is 6.54 Å². The summed E-state index contributed by atoms with van der Waals surface area (Å²) in [6.45, 7) is 8.83. The van der Waals surface area contributed by atoms with Crippen molar-refractivity contribution in [2.24, 2.45) is 5.10 Å². The van der Waals surface area contributed by atoms with Gasteiger partial charge in [-0.2, -0.15) is 5.10 Å². The summed E-state index contributed by atoms with van der Waals surface area (Å²) < 4.78 is 1.54. The monoisotopic (exact) mass is 440 g/mol. The van der Waals surface area contributed by atoms with Crippen LogP contribution in [0.25, 0.3) is 10.9 Å². The Balaban J connectivity index is 1.50. The van der Waals surface area contributed by atoms with E-state index in [4.69, 9.17) is 0 Å². The lowest BCUT2D eigenvalue weighted by atomic mass is 9.87. The third-order valence-corrected chi connectivity index (χ3v) is 5.74. The molecule has 2 aromatic carbocycles. The number of nitrogens with zero attached hydrogens (tertiary/aromatic N) is 2. The molecule has 0 saturated carbocycles. The predicted octanol–water partition coefficient (Wildman–Crippen LogP) is 4.75. The van der Waals surface area contributed by atoms with Gasteiger partial charge in [0.25, 0.3) is 11.5 Å². The van der Waals surface area contributed by atoms with Gasteiger partial charge in [-0.05, 0) is 41.7 Å². The number of fused-ring (bicyclic) bond motifs is 1. The van der Waals surface area contributed by atoms with Crippen LogP contribution in [0.5, 0.6) is 0 Å². The van der Waals surface area contributed by atoms with Gasteiger partial charge in [0.1, 0.15) is 5.56 Å². The Labute approximate surface area is 193 Å². The highest BCUT2D eigenvalue weighted by atomic mass is 16.2. The van der Waals surface area contributed by atoms with Crippen molar-refractivity contribution in [3.63, 3.8) is 0 Å². The normalized spacial score (nSPS) is 11.9. The molecule has 0 aliphatic carbocycles. The fraction of sp³-hybridized carbons (Fsp3) is 0.222. The molecule has 1 amide bonds. The van der Waals surface area contributed by atoms with Crippen LogP contribution in [-0.2, 0) is 12.0 Å². The van der Waals surface area contributed by atoms with Gasteiger partial charge in [0, 0.05) is 28.4 Å². The van der Waals surface area contributed by atoms with E-state index in [-0.39, 0.29) is 16.5 Å². The van der Waals surface area contributed by atoms with E-state index < -0.39 is 5.91 Å². The van der Waals surface area contributed by atoms with Gasteiger partial charge in [0.05, 0.1) is 12.8 Å². The summed E-state index contributed by atoms with van der Waals surface area (Å²) in [5, 5.41) is 5.12. The number of para-hydroxylation sites is 1. The van der Waals surface area contributed by atoms with Crippen LogP contribution >= 0.6 is 0 Å². The maximum Gasteiger partial charge on any atom is 0.276 e. The molecule has 0 atom stereocenters. The number of nitrogens with one attached hydrogen (secondary N) is 2. The number of hydrogen-bond acceptors (Lipinski definition) is 3. The van der Waals surface area contributed by atoms with Crippen molar-refractivity contribution in [2.75, 3.05) is 0 Å². The maximum atomic E-state index is 12.9. The number of pyridine rings is 1. The van der Waals surface area contributed by atoms with Crippen molar-refractivity contribution in [2.45, 2.75) is 39.7 Å². The zero-order valence-electron chi connectivity index (χ0n) is 19.3. The Hall–Kier alpha value is -3.93. The number of carbonyl (C=O) groups excluding carboxylic acids is 1. The van der Waals surface area contributed by atoms with Crippen molar-refractivity contribution in [1.82, 2.24) is 15.0 Å². The van der Waals surface area contributed by atoms with E-state index in [0.717, 1.165) is 27.7 Å². The number of H-pyrrole nitrogens is 1. The highest BCUT2D eigenvalue weighted by molar-refractivity contribution is 6.01. The summed E-state index contributed by atoms with van der Waals surface area (Å²) in [4.78, 5) is 28.9. The molecule has 0 aliphatic rings. The second-order valence-electron chi connectivity index (χ2n) is 9.21. The molecule has 2 heterocycles. The zero-order chi connectivity index (χ0) is 23.6. The van der Waals surface area contributed by atoms with Crippen LogP contribution in [0.1, 0.15) is 53.5 Å². The standard InChI is InChI=1S/C27H28N4O2/c1-18-23(21-8-5-6-10-24(21)29-18)16-28-30-25(32)22-9-7-15-31(26(22)33)17-19-11-13-20(14-12-19)27(2,3)4/h5-16,29H,17H2,1-4H3,(H,30,32)/b28-16-. The third-order valence-electron chi connectivity index (χ3n) is 5.74. The Kier molecular flexibility index (Phi) is 6.01. The summed E-state index contributed by atoms with van der Waals surface area (Å²) >= 11 is 0. The zero-order valence-corrected chi connectivity index (χ0v) is 19.3. The molecule has 0 radical (unpaired) electrons. The highest BCUT2D eigenvalue weighted by Gasteiger charge is 2.14. The molecule has 4 aromatic rings. The number of amides is 1. The fourth-order valence-electron chi connectivity index (χ4n) is 3.82. The van der Waals surface area contributed by atoms with Gasteiger partial charge in [0.15, 0.2) is 0 Å². The number of benzene rings is 2. The third kappa shape index (κ3) is 4.80. The first-order valence-corrected chi connectivity index (χ1v) is 10.9.